The standard InChI is InChI=1S/C34H45N7O4.C19H24ClN5.C15H22N2O4/c1-22-29(36-20-28(32(42)45-34(3,4)5)40-33(43)44-21-24-10-7-6-8-11-24)37-23(2)38-31(22)41-18-15-25(16-19-41)27-14-13-26-12-9-17-35-30(26)39-27;1-12-17(20)22-13(2)23-19(12)25-10-7-14(8-11-25)16-6-5-15-4-3-9-21-18(15)24-16;1-15(2,3)21-13(18)12(9-16)17-14(19)20-10-11-7-5-4-6-8-11/h6-8,10-11,13-14,25,28H,9,12,15-21H2,1-5H3,(H,35,39)(H,40,43)(H,36,37,38);5-6,14H,3-4,7-11H2,1-2H3,(H,21,24);4-8,12H,9-10,16H2,1-3H3,(H,17,19)/t28-;;12-/m0.0/s1. The lowest BCUT2D eigenvalue weighted by Gasteiger charge is -2.34. The lowest BCUT2D eigenvalue weighted by molar-refractivity contribution is -0.158. The van der Waals surface area contributed by atoms with Gasteiger partial charge in [0.25, 0.3) is 0 Å². The van der Waals surface area contributed by atoms with Crippen LogP contribution in [0.15, 0.2) is 84.9 Å². The molecule has 4 aliphatic heterocycles. The van der Waals surface area contributed by atoms with Crippen molar-refractivity contribution in [3.8, 4) is 0 Å². The Morgan fingerprint density at radius 2 is 1.01 bits per heavy atom. The molecular weight excluding hydrogens is 1180 g/mol. The number of benzene rings is 2. The number of piperidine rings is 2. The molecule has 0 spiro atoms. The molecule has 488 valence electrons. The van der Waals surface area contributed by atoms with Gasteiger partial charge in [-0.05, 0) is 155 Å². The molecule has 4 aliphatic rings. The molecule has 0 radical (unpaired) electrons. The van der Waals surface area contributed by atoms with Gasteiger partial charge in [0.05, 0.1) is 0 Å². The van der Waals surface area contributed by atoms with Crippen LogP contribution >= 0.6 is 11.6 Å². The summed E-state index contributed by atoms with van der Waals surface area (Å²) in [5.41, 5.74) is 12.7. The van der Waals surface area contributed by atoms with Gasteiger partial charge in [-0.2, -0.15) is 0 Å². The second kappa shape index (κ2) is 32.1. The van der Waals surface area contributed by atoms with Crippen LogP contribution in [0, 0.1) is 27.7 Å². The topological polar surface area (TPSA) is 275 Å². The van der Waals surface area contributed by atoms with E-state index in [1.807, 2.05) is 88.4 Å². The Bertz CT molecular complexity index is 3410. The number of pyridine rings is 2. The Labute approximate surface area is 540 Å². The van der Waals surface area contributed by atoms with Crippen molar-refractivity contribution >= 4 is 64.8 Å². The molecule has 2 amide bonds. The summed E-state index contributed by atoms with van der Waals surface area (Å²) in [5.74, 6) is 5.72. The number of hydrogen-bond donors (Lipinski definition) is 6. The van der Waals surface area contributed by atoms with E-state index in [1.165, 1.54) is 23.2 Å². The molecule has 22 nitrogen and oxygen atoms in total. The SMILES string of the molecule is CC(C)(C)OC(=O)[C@H](CN)NC(=O)OCc1ccccc1.Cc1nc(Cl)c(C)c(N2CCC(c3ccc4c(n3)NCCC4)CC2)n1.Cc1nc(NC[C@H](NC(=O)OCc2ccccc2)C(=O)OC(C)(C)C)c(C)c(N2CCC(c3ccc4c(n3)NCCC4)CC2)n1. The van der Waals surface area contributed by atoms with Crippen molar-refractivity contribution in [1.29, 1.82) is 0 Å². The Balaban J connectivity index is 0.000000195. The largest absolute Gasteiger partial charge is 0.458 e. The second-order valence-electron chi connectivity index (χ2n) is 25.4. The summed E-state index contributed by atoms with van der Waals surface area (Å²) in [6, 6.07) is 25.6. The van der Waals surface area contributed by atoms with Crippen molar-refractivity contribution in [2.45, 2.75) is 169 Å². The summed E-state index contributed by atoms with van der Waals surface area (Å²) in [6.45, 7) is 24.2. The molecule has 23 heteroatoms. The molecule has 91 heavy (non-hydrogen) atoms. The zero-order valence-electron chi connectivity index (χ0n) is 54.4. The smallest absolute Gasteiger partial charge is 0.408 e. The highest BCUT2D eigenvalue weighted by Crippen LogP contribution is 2.35. The molecule has 2 fully saturated rings. The number of nitrogens with one attached hydrogen (secondary N) is 5. The first-order valence-corrected chi connectivity index (χ1v) is 32.0. The maximum atomic E-state index is 13.1. The van der Waals surface area contributed by atoms with E-state index in [2.05, 4.69) is 75.6 Å². The van der Waals surface area contributed by atoms with Gasteiger partial charge in [-0.1, -0.05) is 84.4 Å². The highest BCUT2D eigenvalue weighted by Gasteiger charge is 2.31. The molecule has 2 atom stereocenters. The number of fused-ring (bicyclic) bond motifs is 2. The van der Waals surface area contributed by atoms with E-state index < -0.39 is 47.4 Å². The van der Waals surface area contributed by atoms with Crippen molar-refractivity contribution in [2.75, 3.05) is 78.1 Å². The molecule has 4 aromatic heterocycles. The average Bonchev–Trinajstić information content (AvgIpc) is 1.19. The summed E-state index contributed by atoms with van der Waals surface area (Å²) < 4.78 is 21.2. The fourth-order valence-corrected chi connectivity index (χ4v) is 11.3. The van der Waals surface area contributed by atoms with E-state index in [0.717, 1.165) is 141 Å². The number of amides is 2. The number of esters is 2. The first-order chi connectivity index (χ1) is 43.5. The highest BCUT2D eigenvalue weighted by molar-refractivity contribution is 6.30. The van der Waals surface area contributed by atoms with Crippen molar-refractivity contribution in [3.05, 3.63) is 146 Å². The molecular formula is C68H91ClN14O8. The number of ether oxygens (including phenoxy) is 4. The first-order valence-electron chi connectivity index (χ1n) is 31.7. The number of rotatable bonds is 16. The summed E-state index contributed by atoms with van der Waals surface area (Å²) in [7, 11) is 0. The van der Waals surface area contributed by atoms with Crippen LogP contribution in [0.1, 0.15) is 148 Å². The average molecular weight is 1270 g/mol. The molecule has 0 unspecified atom stereocenters. The lowest BCUT2D eigenvalue weighted by Crippen LogP contribution is -2.48. The van der Waals surface area contributed by atoms with Crippen LogP contribution in [0.5, 0.6) is 0 Å². The zero-order valence-corrected chi connectivity index (χ0v) is 55.2. The van der Waals surface area contributed by atoms with E-state index in [-0.39, 0.29) is 26.3 Å². The van der Waals surface area contributed by atoms with Crippen molar-refractivity contribution < 1.29 is 38.1 Å². The normalized spacial score (nSPS) is 15.6. The minimum atomic E-state index is -1.00. The quantitative estimate of drug-likeness (QED) is 0.0298. The number of aryl methyl sites for hydroxylation is 4. The van der Waals surface area contributed by atoms with Crippen molar-refractivity contribution in [3.63, 3.8) is 0 Å². The van der Waals surface area contributed by atoms with E-state index in [4.69, 9.17) is 51.2 Å². The maximum absolute atomic E-state index is 13.1. The monoisotopic (exact) mass is 1270 g/mol. The maximum Gasteiger partial charge on any atom is 0.408 e. The number of nitrogens with two attached hydrogens (primary N) is 1. The van der Waals surface area contributed by atoms with Crippen LogP contribution in [-0.4, -0.2) is 130 Å². The summed E-state index contributed by atoms with van der Waals surface area (Å²) in [4.78, 5) is 82.1. The van der Waals surface area contributed by atoms with Gasteiger partial charge in [0.1, 0.15) is 82.4 Å². The van der Waals surface area contributed by atoms with Crippen molar-refractivity contribution in [2.24, 2.45) is 5.73 Å². The van der Waals surface area contributed by atoms with Crippen LogP contribution in [0.2, 0.25) is 5.15 Å². The zero-order chi connectivity index (χ0) is 65.2. The predicted molar refractivity (Wildman–Crippen MR) is 355 cm³/mol. The molecule has 0 bridgehead atoms. The molecule has 7 N–H and O–H groups in total. The number of carbonyl (C=O) groups is 4. The van der Waals surface area contributed by atoms with Gasteiger partial charge < -0.3 is 61.1 Å². The van der Waals surface area contributed by atoms with Crippen LogP contribution in [-0.2, 0) is 54.6 Å². The number of anilines is 5. The molecule has 6 aromatic rings. The van der Waals surface area contributed by atoms with Gasteiger partial charge in [-0.25, -0.2) is 49.1 Å². The van der Waals surface area contributed by atoms with Gasteiger partial charge in [0, 0.05) is 86.7 Å². The first kappa shape index (κ1) is 68.5. The number of aromatic nitrogens is 6. The lowest BCUT2D eigenvalue weighted by atomic mass is 9.92. The molecule has 0 aliphatic carbocycles. The van der Waals surface area contributed by atoms with Gasteiger partial charge in [-0.15, -0.1) is 0 Å². The minimum Gasteiger partial charge on any atom is -0.458 e. The Morgan fingerprint density at radius 3 is 1.46 bits per heavy atom. The van der Waals surface area contributed by atoms with E-state index >= 15 is 0 Å². The predicted octanol–water partition coefficient (Wildman–Crippen LogP) is 10.7. The summed E-state index contributed by atoms with van der Waals surface area (Å²) in [5, 5.41) is 15.8. The third-order valence-electron chi connectivity index (χ3n) is 15.8. The molecule has 10 rings (SSSR count). The van der Waals surface area contributed by atoms with Gasteiger partial charge in [-0.3, -0.25) is 0 Å². The number of nitrogens with zero attached hydrogens (tertiary/aromatic N) is 8. The summed E-state index contributed by atoms with van der Waals surface area (Å²) in [6.07, 6.45) is 7.30. The third kappa shape index (κ3) is 20.6. The molecule has 2 aromatic carbocycles. The van der Waals surface area contributed by atoms with E-state index in [1.54, 1.807) is 41.5 Å². The Kier molecular flexibility index (Phi) is 24.2. The van der Waals surface area contributed by atoms with Gasteiger partial charge in [0.2, 0.25) is 0 Å². The molecule has 8 heterocycles. The van der Waals surface area contributed by atoms with Gasteiger partial charge >= 0.3 is 24.1 Å². The number of carbonyl (C=O) groups excluding carboxylic acids is 4. The van der Waals surface area contributed by atoms with E-state index in [0.29, 0.717) is 28.6 Å². The minimum absolute atomic E-state index is 0.0602. The van der Waals surface area contributed by atoms with Crippen LogP contribution in [0.4, 0.5) is 38.7 Å². The van der Waals surface area contributed by atoms with E-state index in [9.17, 15) is 19.2 Å². The van der Waals surface area contributed by atoms with Crippen molar-refractivity contribution in [1.82, 2.24) is 40.5 Å². The van der Waals surface area contributed by atoms with Gasteiger partial charge in [0.15, 0.2) is 0 Å². The molecule has 0 saturated carbocycles. The number of alkyl carbamates (subject to hydrolysis) is 2. The van der Waals surface area contributed by atoms with Crippen LogP contribution in [0.25, 0.3) is 0 Å². The summed E-state index contributed by atoms with van der Waals surface area (Å²) >= 11 is 6.24. The van der Waals surface area contributed by atoms with Crippen LogP contribution < -0.4 is 42.1 Å². The second-order valence-corrected chi connectivity index (χ2v) is 25.7. The Hall–Kier alpha value is -8.37. The number of hydrogen-bond acceptors (Lipinski definition) is 20. The molecule has 2 saturated heterocycles. The third-order valence-corrected chi connectivity index (χ3v) is 16.1. The highest BCUT2D eigenvalue weighted by atomic mass is 35.5. The van der Waals surface area contributed by atoms with Crippen LogP contribution in [0.3, 0.4) is 0 Å². The fourth-order valence-electron chi connectivity index (χ4n) is 11.1. The fraction of sp³-hybridized carbons (Fsp3) is 0.500. The number of halogens is 1. The Morgan fingerprint density at radius 1 is 0.582 bits per heavy atom.